The van der Waals surface area contributed by atoms with Gasteiger partial charge in [-0.3, -0.25) is 0 Å². The molecule has 0 bridgehead atoms. The number of allylic oxidation sites excluding steroid dienone is 4. The van der Waals surface area contributed by atoms with E-state index in [1.54, 1.807) is 31.9 Å². The Labute approximate surface area is 160 Å². The number of hydrogen-bond acceptors (Lipinski definition) is 0. The van der Waals surface area contributed by atoms with Gasteiger partial charge in [0.1, 0.15) is 9.52 Å². The molecule has 25 heavy (non-hydrogen) atoms. The van der Waals surface area contributed by atoms with Crippen molar-refractivity contribution in [2.45, 2.75) is 73.9 Å². The van der Waals surface area contributed by atoms with Gasteiger partial charge in [0.05, 0.1) is 16.1 Å². The average molecular weight is 385 g/mol. The van der Waals surface area contributed by atoms with Gasteiger partial charge in [-0.2, -0.15) is 0 Å². The van der Waals surface area contributed by atoms with Gasteiger partial charge in [0, 0.05) is 0 Å². The van der Waals surface area contributed by atoms with Crippen LogP contribution in [-0.2, 0) is 0 Å². The zero-order chi connectivity index (χ0) is 19.3. The second-order valence-electron chi connectivity index (χ2n) is 9.91. The molecular formula is C22H36Si3. The maximum Gasteiger partial charge on any atom is 0.117 e. The quantitative estimate of drug-likeness (QED) is 0.661. The first-order valence-electron chi connectivity index (χ1n) is 9.56. The molecule has 2 radical (unpaired) electrons. The van der Waals surface area contributed by atoms with Crippen LogP contribution in [0.5, 0.6) is 0 Å². The largest absolute Gasteiger partial charge is 0.117 e. The molecule has 2 rings (SSSR count). The number of benzene rings is 1. The Bertz CT molecular complexity index is 753. The summed E-state index contributed by atoms with van der Waals surface area (Å²) in [6, 6.07) is 5.17. The highest BCUT2D eigenvalue weighted by molar-refractivity contribution is 6.98. The third-order valence-corrected chi connectivity index (χ3v) is 12.1. The van der Waals surface area contributed by atoms with Crippen LogP contribution in [0.25, 0.3) is 0 Å². The van der Waals surface area contributed by atoms with Crippen molar-refractivity contribution in [2.24, 2.45) is 5.92 Å². The van der Waals surface area contributed by atoms with Crippen LogP contribution in [0.15, 0.2) is 34.0 Å². The van der Waals surface area contributed by atoms with E-state index in [2.05, 4.69) is 86.0 Å². The van der Waals surface area contributed by atoms with Crippen molar-refractivity contribution in [1.29, 1.82) is 0 Å². The van der Waals surface area contributed by atoms with Gasteiger partial charge in [-0.05, 0) is 39.2 Å². The third-order valence-electron chi connectivity index (χ3n) is 5.89. The summed E-state index contributed by atoms with van der Waals surface area (Å²) in [6.07, 6.45) is 0. The fourth-order valence-corrected chi connectivity index (χ4v) is 10.8. The van der Waals surface area contributed by atoms with Crippen LogP contribution >= 0.6 is 0 Å². The zero-order valence-corrected chi connectivity index (χ0v) is 21.2. The highest BCUT2D eigenvalue weighted by atomic mass is 28.3. The van der Waals surface area contributed by atoms with Crippen LogP contribution in [0.4, 0.5) is 0 Å². The molecule has 3 heteroatoms. The average Bonchev–Trinajstić information content (AvgIpc) is 2.64. The smallest absolute Gasteiger partial charge is 0.0695 e. The van der Waals surface area contributed by atoms with Gasteiger partial charge in [0.2, 0.25) is 0 Å². The Kier molecular flexibility index (Phi) is 5.64. The van der Waals surface area contributed by atoms with E-state index in [0.717, 1.165) is 9.52 Å². The molecule has 0 fully saturated rings. The first kappa shape index (κ1) is 20.7. The number of hydrogen-bond donors (Lipinski definition) is 0. The molecule has 0 saturated carbocycles. The number of rotatable bonds is 4. The molecule has 0 amide bonds. The highest BCUT2D eigenvalue weighted by Crippen LogP contribution is 2.35. The minimum absolute atomic E-state index is 0.615. The van der Waals surface area contributed by atoms with Gasteiger partial charge in [-0.25, -0.2) is 0 Å². The topological polar surface area (TPSA) is 0 Å². The van der Waals surface area contributed by atoms with Crippen LogP contribution in [0.2, 0.25) is 39.3 Å². The molecule has 1 aliphatic carbocycles. The molecule has 1 atom stereocenters. The third kappa shape index (κ3) is 4.04. The molecule has 0 saturated heterocycles. The summed E-state index contributed by atoms with van der Waals surface area (Å²) in [5.41, 5.74) is 6.15. The second-order valence-corrected chi connectivity index (χ2v) is 21.3. The molecule has 0 spiro atoms. The molecule has 1 unspecified atom stereocenters. The molecule has 1 aromatic carbocycles. The van der Waals surface area contributed by atoms with E-state index in [0.29, 0.717) is 5.92 Å². The van der Waals surface area contributed by atoms with Gasteiger partial charge in [0.25, 0.3) is 0 Å². The van der Waals surface area contributed by atoms with Gasteiger partial charge >= 0.3 is 0 Å². The summed E-state index contributed by atoms with van der Waals surface area (Å²) in [6.45, 7) is 26.7. The van der Waals surface area contributed by atoms with E-state index in [9.17, 15) is 0 Å². The predicted octanol–water partition coefficient (Wildman–Crippen LogP) is 4.68. The standard InChI is InChI=1S/C22H36Si3/c1-14-12-20(24(6,7)8)21(25(9,10)11)13-19(14)23-22-17(4)15(2)16(3)18(22)5/h12-13,17H,1-11H3. The molecule has 0 N–H and O–H groups in total. The van der Waals surface area contributed by atoms with Crippen molar-refractivity contribution in [3.63, 3.8) is 0 Å². The monoisotopic (exact) mass is 384 g/mol. The van der Waals surface area contributed by atoms with Crippen molar-refractivity contribution in [3.05, 3.63) is 39.6 Å². The number of aryl methyl sites for hydroxylation is 1. The van der Waals surface area contributed by atoms with Crippen molar-refractivity contribution in [1.82, 2.24) is 0 Å². The maximum atomic E-state index is 2.61. The van der Waals surface area contributed by atoms with Crippen molar-refractivity contribution in [3.8, 4) is 0 Å². The minimum Gasteiger partial charge on any atom is -0.0695 e. The molecule has 0 heterocycles. The Hall–Kier alpha value is -0.649. The molecule has 0 aliphatic heterocycles. The molecule has 0 aromatic heterocycles. The minimum atomic E-state index is -1.35. The van der Waals surface area contributed by atoms with Crippen molar-refractivity contribution < 1.29 is 0 Å². The first-order valence-corrected chi connectivity index (χ1v) is 17.6. The lowest BCUT2D eigenvalue weighted by atomic mass is 10.1. The van der Waals surface area contributed by atoms with E-state index >= 15 is 0 Å². The Morgan fingerprint density at radius 2 is 1.24 bits per heavy atom. The van der Waals surface area contributed by atoms with E-state index in [1.807, 2.05) is 0 Å². The normalized spacial score (nSPS) is 19.2. The van der Waals surface area contributed by atoms with Crippen LogP contribution in [0.3, 0.4) is 0 Å². The fraction of sp³-hybridized carbons (Fsp3) is 0.545. The fourth-order valence-electron chi connectivity index (χ4n) is 3.79. The van der Waals surface area contributed by atoms with Crippen molar-refractivity contribution >= 4 is 41.2 Å². The summed E-state index contributed by atoms with van der Waals surface area (Å²) < 4.78 is 0. The summed E-state index contributed by atoms with van der Waals surface area (Å²) in [5, 5.41) is 6.67. The van der Waals surface area contributed by atoms with E-state index < -0.39 is 16.1 Å². The van der Waals surface area contributed by atoms with Gasteiger partial charge in [-0.1, -0.05) is 95.8 Å². The first-order chi connectivity index (χ1) is 11.2. The summed E-state index contributed by atoms with van der Waals surface area (Å²) in [5.74, 6) is 0.615. The Balaban J connectivity index is 2.55. The van der Waals surface area contributed by atoms with Gasteiger partial charge in [0.15, 0.2) is 0 Å². The van der Waals surface area contributed by atoms with Crippen LogP contribution in [-0.4, -0.2) is 25.7 Å². The van der Waals surface area contributed by atoms with E-state index in [4.69, 9.17) is 0 Å². The summed E-state index contributed by atoms with van der Waals surface area (Å²) in [4.78, 5) is 0. The van der Waals surface area contributed by atoms with E-state index in [1.165, 1.54) is 11.1 Å². The summed E-state index contributed by atoms with van der Waals surface area (Å²) >= 11 is 0. The highest BCUT2D eigenvalue weighted by Gasteiger charge is 2.30. The predicted molar refractivity (Wildman–Crippen MR) is 123 cm³/mol. The zero-order valence-electron chi connectivity index (χ0n) is 18.2. The SMILES string of the molecule is CC1=C(C)C(C)C([Si]c2cc([Si](C)(C)C)c([Si](C)(C)C)cc2C)=C1C. The molecular weight excluding hydrogens is 349 g/mol. The second kappa shape index (κ2) is 6.82. The lowest BCUT2D eigenvalue weighted by molar-refractivity contribution is 0.856. The summed E-state index contributed by atoms with van der Waals surface area (Å²) in [7, 11) is -1.84. The lowest BCUT2D eigenvalue weighted by Crippen LogP contribution is -2.58. The van der Waals surface area contributed by atoms with E-state index in [-0.39, 0.29) is 0 Å². The molecule has 0 nitrogen and oxygen atoms in total. The molecule has 136 valence electrons. The van der Waals surface area contributed by atoms with Gasteiger partial charge < -0.3 is 0 Å². The maximum absolute atomic E-state index is 2.61. The Morgan fingerprint density at radius 1 is 0.760 bits per heavy atom. The molecule has 1 aromatic rings. The van der Waals surface area contributed by atoms with Gasteiger partial charge in [-0.15, -0.1) is 0 Å². The van der Waals surface area contributed by atoms with Crippen LogP contribution < -0.4 is 15.6 Å². The lowest BCUT2D eigenvalue weighted by Gasteiger charge is -2.30. The van der Waals surface area contributed by atoms with Crippen LogP contribution in [0, 0.1) is 12.8 Å². The van der Waals surface area contributed by atoms with Crippen LogP contribution in [0.1, 0.15) is 33.3 Å². The Morgan fingerprint density at radius 3 is 1.64 bits per heavy atom. The molecule has 1 aliphatic rings. The van der Waals surface area contributed by atoms with Crippen molar-refractivity contribution in [2.75, 3.05) is 0 Å².